The molecular weight excluding hydrogens is 371 g/mol. The molecule has 0 radical (unpaired) electrons. The fourth-order valence-corrected chi connectivity index (χ4v) is 2.63. The molecule has 6 nitrogen and oxygen atoms in total. The quantitative estimate of drug-likeness (QED) is 0.613. The number of methoxy groups -OCH3 is 2. The predicted octanol–water partition coefficient (Wildman–Crippen LogP) is 5.08. The van der Waals surface area contributed by atoms with Crippen molar-refractivity contribution in [2.24, 2.45) is 0 Å². The lowest BCUT2D eigenvalue weighted by atomic mass is 10.2. The third-order valence-corrected chi connectivity index (χ3v) is 3.98. The molecule has 0 saturated heterocycles. The SMILES string of the molecule is COc1ccc(Nc2cc(C)nc(Nc3ccc(F)c(Cl)c3)n2)cc1OC. The highest BCUT2D eigenvalue weighted by Crippen LogP contribution is 2.31. The smallest absolute Gasteiger partial charge is 0.229 e. The third-order valence-electron chi connectivity index (χ3n) is 3.69. The summed E-state index contributed by atoms with van der Waals surface area (Å²) in [5.74, 6) is 1.71. The molecule has 0 aliphatic carbocycles. The van der Waals surface area contributed by atoms with Crippen molar-refractivity contribution in [3.8, 4) is 11.5 Å². The van der Waals surface area contributed by atoms with Crippen molar-refractivity contribution in [2.75, 3.05) is 24.9 Å². The molecule has 8 heteroatoms. The van der Waals surface area contributed by atoms with E-state index in [2.05, 4.69) is 20.6 Å². The Kier molecular flexibility index (Phi) is 5.61. The summed E-state index contributed by atoms with van der Waals surface area (Å²) in [7, 11) is 3.16. The fourth-order valence-electron chi connectivity index (χ4n) is 2.45. The van der Waals surface area contributed by atoms with Crippen LogP contribution in [0, 0.1) is 12.7 Å². The first-order valence-corrected chi connectivity index (χ1v) is 8.43. The number of aryl methyl sites for hydroxylation is 1. The van der Waals surface area contributed by atoms with Crippen molar-refractivity contribution in [2.45, 2.75) is 6.92 Å². The monoisotopic (exact) mass is 388 g/mol. The molecule has 2 N–H and O–H groups in total. The zero-order valence-corrected chi connectivity index (χ0v) is 15.8. The lowest BCUT2D eigenvalue weighted by molar-refractivity contribution is 0.355. The van der Waals surface area contributed by atoms with Gasteiger partial charge in [-0.05, 0) is 37.3 Å². The molecule has 140 valence electrons. The van der Waals surface area contributed by atoms with E-state index in [9.17, 15) is 4.39 Å². The van der Waals surface area contributed by atoms with Crippen LogP contribution in [0.2, 0.25) is 5.02 Å². The summed E-state index contributed by atoms with van der Waals surface area (Å²) in [6.45, 7) is 1.85. The summed E-state index contributed by atoms with van der Waals surface area (Å²) in [6, 6.07) is 11.6. The molecule has 0 amide bonds. The average molecular weight is 389 g/mol. The summed E-state index contributed by atoms with van der Waals surface area (Å²) in [4.78, 5) is 8.77. The lowest BCUT2D eigenvalue weighted by Crippen LogP contribution is -2.03. The largest absolute Gasteiger partial charge is 0.493 e. The van der Waals surface area contributed by atoms with E-state index >= 15 is 0 Å². The van der Waals surface area contributed by atoms with Crippen LogP contribution in [0.3, 0.4) is 0 Å². The van der Waals surface area contributed by atoms with Crippen LogP contribution < -0.4 is 20.1 Å². The highest BCUT2D eigenvalue weighted by molar-refractivity contribution is 6.31. The predicted molar refractivity (Wildman–Crippen MR) is 104 cm³/mol. The highest BCUT2D eigenvalue weighted by Gasteiger charge is 2.08. The summed E-state index contributed by atoms with van der Waals surface area (Å²) in [5.41, 5.74) is 2.12. The number of aromatic nitrogens is 2. The van der Waals surface area contributed by atoms with Crippen LogP contribution in [0.15, 0.2) is 42.5 Å². The molecule has 0 fully saturated rings. The summed E-state index contributed by atoms with van der Waals surface area (Å²) >= 11 is 5.81. The topological polar surface area (TPSA) is 68.3 Å². The Labute approximate surface area is 161 Å². The Morgan fingerprint density at radius 1 is 0.889 bits per heavy atom. The van der Waals surface area contributed by atoms with E-state index in [4.69, 9.17) is 21.1 Å². The van der Waals surface area contributed by atoms with E-state index in [1.54, 1.807) is 32.4 Å². The molecule has 0 unspecified atom stereocenters. The Morgan fingerprint density at radius 2 is 1.59 bits per heavy atom. The maximum absolute atomic E-state index is 13.3. The molecule has 0 saturated carbocycles. The van der Waals surface area contributed by atoms with E-state index in [1.807, 2.05) is 19.1 Å². The van der Waals surface area contributed by atoms with E-state index in [0.29, 0.717) is 29.0 Å². The number of nitrogens with one attached hydrogen (secondary N) is 2. The summed E-state index contributed by atoms with van der Waals surface area (Å²) in [6.07, 6.45) is 0. The maximum Gasteiger partial charge on any atom is 0.229 e. The minimum atomic E-state index is -0.483. The molecule has 0 atom stereocenters. The first kappa shape index (κ1) is 18.7. The van der Waals surface area contributed by atoms with Crippen LogP contribution in [0.4, 0.5) is 27.5 Å². The zero-order chi connectivity index (χ0) is 19.4. The Balaban J connectivity index is 1.84. The van der Waals surface area contributed by atoms with Crippen LogP contribution in [0.1, 0.15) is 5.69 Å². The molecule has 0 aliphatic heterocycles. The molecule has 0 spiro atoms. The van der Waals surface area contributed by atoms with Gasteiger partial charge < -0.3 is 20.1 Å². The van der Waals surface area contributed by atoms with Gasteiger partial charge in [0.25, 0.3) is 0 Å². The molecule has 2 aromatic carbocycles. The van der Waals surface area contributed by atoms with Crippen LogP contribution in [-0.4, -0.2) is 24.2 Å². The van der Waals surface area contributed by atoms with Gasteiger partial charge >= 0.3 is 0 Å². The van der Waals surface area contributed by atoms with Crippen molar-refractivity contribution < 1.29 is 13.9 Å². The van der Waals surface area contributed by atoms with Crippen molar-refractivity contribution in [3.63, 3.8) is 0 Å². The van der Waals surface area contributed by atoms with Gasteiger partial charge in [-0.2, -0.15) is 4.98 Å². The number of anilines is 4. The molecule has 1 heterocycles. The number of rotatable bonds is 6. The van der Waals surface area contributed by atoms with Gasteiger partial charge in [0.2, 0.25) is 5.95 Å². The molecule has 1 aromatic heterocycles. The highest BCUT2D eigenvalue weighted by atomic mass is 35.5. The Hall–Kier alpha value is -3.06. The molecule has 0 aliphatic rings. The molecule has 0 bridgehead atoms. The van der Waals surface area contributed by atoms with E-state index < -0.39 is 5.82 Å². The molecular formula is C19H18ClFN4O2. The second-order valence-corrected chi connectivity index (χ2v) is 6.07. The van der Waals surface area contributed by atoms with Crippen molar-refractivity contribution in [1.82, 2.24) is 9.97 Å². The van der Waals surface area contributed by atoms with Gasteiger partial charge in [-0.25, -0.2) is 9.37 Å². The van der Waals surface area contributed by atoms with Gasteiger partial charge in [0.05, 0.1) is 19.2 Å². The van der Waals surface area contributed by atoms with Gasteiger partial charge in [-0.3, -0.25) is 0 Å². The maximum atomic E-state index is 13.3. The second kappa shape index (κ2) is 8.09. The number of hydrogen-bond acceptors (Lipinski definition) is 6. The Bertz CT molecular complexity index is 968. The van der Waals surface area contributed by atoms with Crippen molar-refractivity contribution in [1.29, 1.82) is 0 Å². The van der Waals surface area contributed by atoms with E-state index in [0.717, 1.165) is 11.4 Å². The Morgan fingerprint density at radius 3 is 2.30 bits per heavy atom. The number of hydrogen-bond donors (Lipinski definition) is 2. The molecule has 27 heavy (non-hydrogen) atoms. The van der Waals surface area contributed by atoms with Crippen LogP contribution in [-0.2, 0) is 0 Å². The van der Waals surface area contributed by atoms with E-state index in [1.165, 1.54) is 12.1 Å². The van der Waals surface area contributed by atoms with Crippen LogP contribution in [0.25, 0.3) is 0 Å². The van der Waals surface area contributed by atoms with Crippen molar-refractivity contribution in [3.05, 3.63) is 59.0 Å². The van der Waals surface area contributed by atoms with Crippen LogP contribution in [0.5, 0.6) is 11.5 Å². The van der Waals surface area contributed by atoms with Gasteiger partial charge in [0.15, 0.2) is 11.5 Å². The van der Waals surface area contributed by atoms with Gasteiger partial charge in [-0.1, -0.05) is 11.6 Å². The fraction of sp³-hybridized carbons (Fsp3) is 0.158. The molecule has 3 rings (SSSR count). The van der Waals surface area contributed by atoms with Crippen LogP contribution >= 0.6 is 11.6 Å². The lowest BCUT2D eigenvalue weighted by Gasteiger charge is -2.12. The van der Waals surface area contributed by atoms with E-state index in [-0.39, 0.29) is 5.02 Å². The number of nitrogens with zero attached hydrogens (tertiary/aromatic N) is 2. The van der Waals surface area contributed by atoms with Gasteiger partial charge in [-0.15, -0.1) is 0 Å². The number of halogens is 2. The van der Waals surface area contributed by atoms with Gasteiger partial charge in [0, 0.05) is 29.2 Å². The normalized spacial score (nSPS) is 10.4. The average Bonchev–Trinajstić information content (AvgIpc) is 2.64. The first-order chi connectivity index (χ1) is 13.0. The number of benzene rings is 2. The van der Waals surface area contributed by atoms with Gasteiger partial charge in [0.1, 0.15) is 11.6 Å². The third kappa shape index (κ3) is 4.57. The summed E-state index contributed by atoms with van der Waals surface area (Å²) in [5, 5.41) is 6.25. The zero-order valence-electron chi connectivity index (χ0n) is 15.0. The second-order valence-electron chi connectivity index (χ2n) is 5.67. The number of ether oxygens (including phenoxy) is 2. The minimum absolute atomic E-state index is 0.0244. The molecule has 3 aromatic rings. The first-order valence-electron chi connectivity index (χ1n) is 8.05. The summed E-state index contributed by atoms with van der Waals surface area (Å²) < 4.78 is 23.9. The van der Waals surface area contributed by atoms with Crippen molar-refractivity contribution >= 4 is 34.7 Å². The minimum Gasteiger partial charge on any atom is -0.493 e. The standard InChI is InChI=1S/C19H18ClFN4O2/c1-11-8-18(23-13-5-7-16(26-2)17(10-13)27-3)25-19(22-11)24-12-4-6-15(21)14(20)9-12/h4-10H,1-3H3,(H2,22,23,24,25).